The van der Waals surface area contributed by atoms with Crippen LogP contribution in [-0.2, 0) is 11.2 Å². The van der Waals surface area contributed by atoms with Gasteiger partial charge in [-0.15, -0.1) is 0 Å². The molecule has 92 valence electrons. The molecule has 18 heavy (non-hydrogen) atoms. The molecule has 0 aliphatic carbocycles. The van der Waals surface area contributed by atoms with Crippen LogP contribution >= 0.6 is 0 Å². The zero-order valence-electron chi connectivity index (χ0n) is 9.43. The number of carboxylic acids is 1. The molecule has 0 fully saturated rings. The summed E-state index contributed by atoms with van der Waals surface area (Å²) in [6.07, 6.45) is -0.363. The number of halogens is 1. The molecule has 0 atom stereocenters. The highest BCUT2D eigenvalue weighted by atomic mass is 19.1. The normalized spacial score (nSPS) is 10.3. The Balaban J connectivity index is 2.49. The second-order valence-electron chi connectivity index (χ2n) is 3.90. The minimum atomic E-state index is -1.08. The van der Waals surface area contributed by atoms with Crippen LogP contribution in [0.1, 0.15) is 5.56 Å². The molecule has 0 aliphatic heterocycles. The maximum atomic E-state index is 14.1. The zero-order chi connectivity index (χ0) is 13.1. The Morgan fingerprint density at radius 2 is 1.89 bits per heavy atom. The molecule has 0 radical (unpaired) electrons. The minimum Gasteiger partial charge on any atom is -0.508 e. The van der Waals surface area contributed by atoms with Crippen LogP contribution in [0.2, 0.25) is 0 Å². The lowest BCUT2D eigenvalue weighted by Gasteiger charge is -2.07. The van der Waals surface area contributed by atoms with E-state index in [1.54, 1.807) is 24.3 Å². The highest BCUT2D eigenvalue weighted by Crippen LogP contribution is 2.27. The van der Waals surface area contributed by atoms with Crippen LogP contribution in [0, 0.1) is 5.82 Å². The molecule has 0 bridgehead atoms. The molecule has 2 rings (SSSR count). The Kier molecular flexibility index (Phi) is 3.28. The highest BCUT2D eigenvalue weighted by molar-refractivity contribution is 5.73. The molecule has 0 unspecified atom stereocenters. The quantitative estimate of drug-likeness (QED) is 0.875. The molecular formula is C14H11FO3. The molecule has 0 saturated heterocycles. The van der Waals surface area contributed by atoms with E-state index in [1.165, 1.54) is 18.2 Å². The summed E-state index contributed by atoms with van der Waals surface area (Å²) in [7, 11) is 0. The second-order valence-corrected chi connectivity index (χ2v) is 3.90. The van der Waals surface area contributed by atoms with Crippen LogP contribution in [-0.4, -0.2) is 16.2 Å². The topological polar surface area (TPSA) is 57.5 Å². The molecule has 0 aliphatic rings. The number of carbonyl (C=O) groups is 1. The van der Waals surface area contributed by atoms with Gasteiger partial charge in [-0.3, -0.25) is 4.79 Å². The van der Waals surface area contributed by atoms with Gasteiger partial charge in [-0.2, -0.15) is 0 Å². The van der Waals surface area contributed by atoms with E-state index >= 15 is 0 Å². The fourth-order valence-corrected chi connectivity index (χ4v) is 1.78. The van der Waals surface area contributed by atoms with Crippen LogP contribution in [0.25, 0.3) is 11.1 Å². The van der Waals surface area contributed by atoms with Crippen molar-refractivity contribution in [3.05, 3.63) is 53.8 Å². The Hall–Kier alpha value is -2.36. The van der Waals surface area contributed by atoms with Crippen molar-refractivity contribution in [2.75, 3.05) is 0 Å². The lowest BCUT2D eigenvalue weighted by atomic mass is 10.0. The van der Waals surface area contributed by atoms with E-state index in [2.05, 4.69) is 0 Å². The summed E-state index contributed by atoms with van der Waals surface area (Å²) in [4.78, 5) is 10.6. The summed E-state index contributed by atoms with van der Waals surface area (Å²) < 4.78 is 14.1. The molecule has 4 heteroatoms. The van der Waals surface area contributed by atoms with Gasteiger partial charge in [0.2, 0.25) is 0 Å². The Morgan fingerprint density at radius 1 is 1.17 bits per heavy atom. The van der Waals surface area contributed by atoms with Gasteiger partial charge in [0.15, 0.2) is 0 Å². The average Bonchev–Trinajstić information content (AvgIpc) is 2.31. The maximum Gasteiger partial charge on any atom is 0.307 e. The third-order valence-electron chi connectivity index (χ3n) is 2.58. The number of aromatic hydroxyl groups is 1. The van der Waals surface area contributed by atoms with Crippen molar-refractivity contribution in [1.82, 2.24) is 0 Å². The largest absolute Gasteiger partial charge is 0.508 e. The van der Waals surface area contributed by atoms with E-state index in [0.717, 1.165) is 0 Å². The summed E-state index contributed by atoms with van der Waals surface area (Å²) in [5, 5.41) is 18.1. The van der Waals surface area contributed by atoms with Gasteiger partial charge < -0.3 is 10.2 Å². The number of phenols is 1. The second kappa shape index (κ2) is 4.87. The van der Waals surface area contributed by atoms with E-state index in [1.807, 2.05) is 0 Å². The van der Waals surface area contributed by atoms with Crippen LogP contribution in [0.5, 0.6) is 5.75 Å². The zero-order valence-corrected chi connectivity index (χ0v) is 9.43. The van der Waals surface area contributed by atoms with Gasteiger partial charge >= 0.3 is 5.97 Å². The number of aliphatic carboxylic acids is 1. The molecule has 2 aromatic rings. The first-order valence-corrected chi connectivity index (χ1v) is 5.36. The molecule has 0 saturated carbocycles. The van der Waals surface area contributed by atoms with Crippen LogP contribution in [0.15, 0.2) is 42.5 Å². The van der Waals surface area contributed by atoms with E-state index in [0.29, 0.717) is 5.56 Å². The number of benzene rings is 2. The molecule has 2 aromatic carbocycles. The molecule has 3 nitrogen and oxygen atoms in total. The molecule has 0 aromatic heterocycles. The number of carboxylic acid groups (broad SMARTS) is 1. The van der Waals surface area contributed by atoms with E-state index < -0.39 is 11.8 Å². The average molecular weight is 246 g/mol. The first-order valence-electron chi connectivity index (χ1n) is 5.36. The highest BCUT2D eigenvalue weighted by Gasteiger charge is 2.12. The summed E-state index contributed by atoms with van der Waals surface area (Å²) >= 11 is 0. The Labute approximate surface area is 103 Å². The predicted octanol–water partition coefficient (Wildman–Crippen LogP) is 2.83. The third-order valence-corrected chi connectivity index (χ3v) is 2.58. The number of phenolic OH excluding ortho intramolecular Hbond substituents is 1. The predicted molar refractivity (Wildman–Crippen MR) is 64.8 cm³/mol. The lowest BCUT2D eigenvalue weighted by molar-refractivity contribution is -0.136. The summed E-state index contributed by atoms with van der Waals surface area (Å²) in [5.74, 6) is -1.61. The molecular weight excluding hydrogens is 235 g/mol. The molecule has 0 amide bonds. The molecule has 2 N–H and O–H groups in total. The smallest absolute Gasteiger partial charge is 0.307 e. The monoisotopic (exact) mass is 246 g/mol. The van der Waals surface area contributed by atoms with Crippen molar-refractivity contribution in [3.8, 4) is 16.9 Å². The van der Waals surface area contributed by atoms with Gasteiger partial charge in [0, 0.05) is 5.56 Å². The SMILES string of the molecule is O=C(O)Cc1cccc(-c2cccc(O)c2)c1F. The minimum absolute atomic E-state index is 0.0375. The van der Waals surface area contributed by atoms with Crippen LogP contribution in [0.4, 0.5) is 4.39 Å². The Morgan fingerprint density at radius 3 is 2.56 bits per heavy atom. The maximum absolute atomic E-state index is 14.1. The van der Waals surface area contributed by atoms with Gasteiger partial charge in [-0.05, 0) is 23.3 Å². The molecule has 0 heterocycles. The van der Waals surface area contributed by atoms with E-state index in [-0.39, 0.29) is 23.3 Å². The van der Waals surface area contributed by atoms with Crippen molar-refractivity contribution in [3.63, 3.8) is 0 Å². The summed E-state index contributed by atoms with van der Waals surface area (Å²) in [6.45, 7) is 0. The molecule has 0 spiro atoms. The number of hydrogen-bond donors (Lipinski definition) is 2. The van der Waals surface area contributed by atoms with Crippen molar-refractivity contribution in [2.45, 2.75) is 6.42 Å². The number of hydrogen-bond acceptors (Lipinski definition) is 2. The fourth-order valence-electron chi connectivity index (χ4n) is 1.78. The van der Waals surface area contributed by atoms with Crippen molar-refractivity contribution in [2.24, 2.45) is 0 Å². The lowest BCUT2D eigenvalue weighted by Crippen LogP contribution is -2.03. The first-order chi connectivity index (χ1) is 8.58. The van der Waals surface area contributed by atoms with Gasteiger partial charge in [0.25, 0.3) is 0 Å². The van der Waals surface area contributed by atoms with E-state index in [9.17, 15) is 14.3 Å². The van der Waals surface area contributed by atoms with Gasteiger partial charge in [0.05, 0.1) is 6.42 Å². The Bertz CT molecular complexity index is 593. The van der Waals surface area contributed by atoms with Crippen molar-refractivity contribution in [1.29, 1.82) is 0 Å². The van der Waals surface area contributed by atoms with E-state index in [4.69, 9.17) is 5.11 Å². The first kappa shape index (κ1) is 12.1. The van der Waals surface area contributed by atoms with Gasteiger partial charge in [0.1, 0.15) is 11.6 Å². The van der Waals surface area contributed by atoms with Crippen molar-refractivity contribution < 1.29 is 19.4 Å². The summed E-state index contributed by atoms with van der Waals surface area (Å²) in [5.41, 5.74) is 0.924. The van der Waals surface area contributed by atoms with Gasteiger partial charge in [-0.1, -0.05) is 30.3 Å². The van der Waals surface area contributed by atoms with Crippen LogP contribution < -0.4 is 0 Å². The number of rotatable bonds is 3. The standard InChI is InChI=1S/C14H11FO3/c15-14-10(8-13(17)18)4-2-6-12(14)9-3-1-5-11(16)7-9/h1-7,16H,8H2,(H,17,18). The fraction of sp³-hybridized carbons (Fsp3) is 0.0714. The van der Waals surface area contributed by atoms with Crippen molar-refractivity contribution >= 4 is 5.97 Å². The third kappa shape index (κ3) is 2.48. The van der Waals surface area contributed by atoms with Gasteiger partial charge in [-0.25, -0.2) is 4.39 Å². The van der Waals surface area contributed by atoms with Crippen LogP contribution in [0.3, 0.4) is 0 Å². The summed E-state index contributed by atoms with van der Waals surface area (Å²) in [6, 6.07) is 10.8.